The van der Waals surface area contributed by atoms with Gasteiger partial charge in [0.1, 0.15) is 23.3 Å². The summed E-state index contributed by atoms with van der Waals surface area (Å²) in [5.41, 5.74) is 2.48. The molecule has 1 N–H and O–H groups in total. The van der Waals surface area contributed by atoms with Gasteiger partial charge in [-0.3, -0.25) is 14.2 Å². The second-order valence-electron chi connectivity index (χ2n) is 6.83. The number of ether oxygens (including phenoxy) is 1. The van der Waals surface area contributed by atoms with Crippen molar-refractivity contribution in [3.8, 4) is 11.1 Å². The van der Waals surface area contributed by atoms with Crippen molar-refractivity contribution < 1.29 is 13.9 Å². The number of nitrogens with one attached hydrogen (secondary N) is 1. The lowest BCUT2D eigenvalue weighted by atomic mass is 10.1. The van der Waals surface area contributed by atoms with Crippen LogP contribution in [0, 0.1) is 0 Å². The average Bonchev–Trinajstić information content (AvgIpc) is 3.41. The first-order valence-corrected chi connectivity index (χ1v) is 9.59. The molecule has 1 amide bonds. The second-order valence-corrected chi connectivity index (χ2v) is 6.83. The van der Waals surface area contributed by atoms with Gasteiger partial charge in [-0.1, -0.05) is 30.3 Å². The minimum Gasteiger partial charge on any atom is -0.467 e. The molecule has 0 spiro atoms. The van der Waals surface area contributed by atoms with Gasteiger partial charge in [-0.15, -0.1) is 0 Å². The van der Waals surface area contributed by atoms with Crippen molar-refractivity contribution in [2.24, 2.45) is 0 Å². The smallest absolute Gasteiger partial charge is 0.277 e. The molecule has 154 valence electrons. The molecule has 0 fully saturated rings. The average molecular weight is 406 g/mol. The Balaban J connectivity index is 1.71. The van der Waals surface area contributed by atoms with Crippen LogP contribution < -0.4 is 10.9 Å². The van der Waals surface area contributed by atoms with E-state index in [0.29, 0.717) is 29.9 Å². The Morgan fingerprint density at radius 1 is 1.17 bits per heavy atom. The van der Waals surface area contributed by atoms with E-state index >= 15 is 0 Å². The van der Waals surface area contributed by atoms with Gasteiger partial charge in [0.05, 0.1) is 32.3 Å². The predicted molar refractivity (Wildman–Crippen MR) is 112 cm³/mol. The van der Waals surface area contributed by atoms with Crippen molar-refractivity contribution in [3.63, 3.8) is 0 Å². The number of hydrogen-bond acceptors (Lipinski definition) is 5. The third-order valence-electron chi connectivity index (χ3n) is 4.82. The molecule has 4 aromatic rings. The fourth-order valence-corrected chi connectivity index (χ4v) is 3.33. The zero-order valence-electron chi connectivity index (χ0n) is 16.6. The van der Waals surface area contributed by atoms with Crippen LogP contribution in [0.1, 0.15) is 5.76 Å². The van der Waals surface area contributed by atoms with Crippen LogP contribution in [0.2, 0.25) is 0 Å². The van der Waals surface area contributed by atoms with Gasteiger partial charge < -0.3 is 19.0 Å². The van der Waals surface area contributed by atoms with Crippen LogP contribution in [0.5, 0.6) is 0 Å². The van der Waals surface area contributed by atoms with Gasteiger partial charge in [0, 0.05) is 18.9 Å². The lowest BCUT2D eigenvalue weighted by Gasteiger charge is -2.08. The molecule has 0 radical (unpaired) electrons. The summed E-state index contributed by atoms with van der Waals surface area (Å²) < 4.78 is 13.5. The Morgan fingerprint density at radius 3 is 2.73 bits per heavy atom. The Hall–Kier alpha value is -3.65. The molecule has 0 aliphatic heterocycles. The maximum absolute atomic E-state index is 13.1. The van der Waals surface area contributed by atoms with Crippen LogP contribution in [0.25, 0.3) is 22.2 Å². The molecule has 30 heavy (non-hydrogen) atoms. The lowest BCUT2D eigenvalue weighted by Crippen LogP contribution is -2.29. The number of carbonyl (C=O) groups is 1. The van der Waals surface area contributed by atoms with Crippen LogP contribution in [-0.2, 0) is 29.2 Å². The fourth-order valence-electron chi connectivity index (χ4n) is 3.33. The summed E-state index contributed by atoms with van der Waals surface area (Å²) in [5.74, 6) is 0.434. The van der Waals surface area contributed by atoms with E-state index in [1.54, 1.807) is 30.1 Å². The molecule has 0 bridgehead atoms. The number of methoxy groups -OCH3 is 1. The predicted octanol–water partition coefficient (Wildman–Crippen LogP) is 2.42. The summed E-state index contributed by atoms with van der Waals surface area (Å²) in [4.78, 5) is 30.2. The molecule has 0 aliphatic rings. The van der Waals surface area contributed by atoms with E-state index in [-0.39, 0.29) is 24.6 Å². The van der Waals surface area contributed by atoms with Crippen molar-refractivity contribution >= 4 is 16.9 Å². The number of amides is 1. The Kier molecular flexibility index (Phi) is 5.76. The highest BCUT2D eigenvalue weighted by atomic mass is 16.5. The number of hydrogen-bond donors (Lipinski definition) is 1. The number of carbonyl (C=O) groups excluding carboxylic acids is 1. The van der Waals surface area contributed by atoms with E-state index in [9.17, 15) is 9.59 Å². The number of rotatable bonds is 8. The first-order valence-electron chi connectivity index (χ1n) is 9.59. The van der Waals surface area contributed by atoms with E-state index in [0.717, 1.165) is 11.1 Å². The molecule has 0 saturated carbocycles. The third kappa shape index (κ3) is 4.04. The first-order chi connectivity index (χ1) is 14.7. The number of aromatic nitrogens is 3. The molecule has 8 nitrogen and oxygen atoms in total. The SMILES string of the molecule is COCCn1cnc2c(-c3ccccc3)cn(CC(=O)NCc3ccco3)c2c1=O. The number of furan rings is 1. The highest BCUT2D eigenvalue weighted by Gasteiger charge is 2.18. The minimum atomic E-state index is -0.227. The Bertz CT molecular complexity index is 1190. The zero-order chi connectivity index (χ0) is 20.9. The van der Waals surface area contributed by atoms with Gasteiger partial charge in [0.15, 0.2) is 0 Å². The lowest BCUT2D eigenvalue weighted by molar-refractivity contribution is -0.121. The monoisotopic (exact) mass is 406 g/mol. The van der Waals surface area contributed by atoms with Crippen LogP contribution in [0.3, 0.4) is 0 Å². The van der Waals surface area contributed by atoms with Crippen LogP contribution in [0.4, 0.5) is 0 Å². The van der Waals surface area contributed by atoms with E-state index in [1.807, 2.05) is 36.5 Å². The molecule has 0 aliphatic carbocycles. The molecular formula is C22H22N4O4. The van der Waals surface area contributed by atoms with Gasteiger partial charge in [-0.25, -0.2) is 4.98 Å². The maximum atomic E-state index is 13.1. The highest BCUT2D eigenvalue weighted by Crippen LogP contribution is 2.27. The molecule has 8 heteroatoms. The fraction of sp³-hybridized carbons (Fsp3) is 0.227. The summed E-state index contributed by atoms with van der Waals surface area (Å²) in [6.45, 7) is 1.06. The molecule has 0 atom stereocenters. The number of benzene rings is 1. The van der Waals surface area contributed by atoms with E-state index < -0.39 is 0 Å². The van der Waals surface area contributed by atoms with Gasteiger partial charge >= 0.3 is 0 Å². The van der Waals surface area contributed by atoms with Crippen molar-refractivity contribution in [3.05, 3.63) is 77.4 Å². The molecular weight excluding hydrogens is 384 g/mol. The Morgan fingerprint density at radius 2 is 2.00 bits per heavy atom. The van der Waals surface area contributed by atoms with Gasteiger partial charge in [0.2, 0.25) is 5.91 Å². The summed E-state index contributed by atoms with van der Waals surface area (Å²) >= 11 is 0. The van der Waals surface area contributed by atoms with Gasteiger partial charge in [-0.2, -0.15) is 0 Å². The number of nitrogens with zero attached hydrogens (tertiary/aromatic N) is 3. The van der Waals surface area contributed by atoms with E-state index in [4.69, 9.17) is 9.15 Å². The molecule has 1 aromatic carbocycles. The first kappa shape index (κ1) is 19.7. The van der Waals surface area contributed by atoms with Crippen molar-refractivity contribution in [1.29, 1.82) is 0 Å². The third-order valence-corrected chi connectivity index (χ3v) is 4.82. The van der Waals surface area contributed by atoms with Crippen molar-refractivity contribution in [2.45, 2.75) is 19.6 Å². The van der Waals surface area contributed by atoms with E-state index in [2.05, 4.69) is 10.3 Å². The Labute approximate surface area is 172 Å². The van der Waals surface area contributed by atoms with Gasteiger partial charge in [-0.05, 0) is 17.7 Å². The van der Waals surface area contributed by atoms with Crippen molar-refractivity contribution in [1.82, 2.24) is 19.4 Å². The zero-order valence-corrected chi connectivity index (χ0v) is 16.6. The minimum absolute atomic E-state index is 0.00471. The normalized spacial score (nSPS) is 11.1. The second kappa shape index (κ2) is 8.79. The van der Waals surface area contributed by atoms with Gasteiger partial charge in [0.25, 0.3) is 5.56 Å². The standard InChI is InChI=1S/C22H22N4O4/c1-29-11-9-25-15-24-20-18(16-6-3-2-4-7-16)13-26(21(20)22(25)28)14-19(27)23-12-17-8-5-10-30-17/h2-8,10,13,15H,9,11-12,14H2,1H3,(H,23,27). The van der Waals surface area contributed by atoms with Crippen LogP contribution in [-0.4, -0.2) is 33.7 Å². The van der Waals surface area contributed by atoms with E-state index in [1.165, 1.54) is 10.9 Å². The molecule has 0 saturated heterocycles. The quantitative estimate of drug-likeness (QED) is 0.485. The summed E-state index contributed by atoms with van der Waals surface area (Å²) in [7, 11) is 1.58. The van der Waals surface area contributed by atoms with Crippen LogP contribution >= 0.6 is 0 Å². The topological polar surface area (TPSA) is 91.3 Å². The molecule has 0 unspecified atom stereocenters. The molecule has 3 aromatic heterocycles. The summed E-state index contributed by atoms with van der Waals surface area (Å²) in [5, 5.41) is 2.81. The molecule has 4 rings (SSSR count). The number of fused-ring (bicyclic) bond motifs is 1. The van der Waals surface area contributed by atoms with Crippen molar-refractivity contribution in [2.75, 3.05) is 13.7 Å². The molecule has 3 heterocycles. The highest BCUT2D eigenvalue weighted by molar-refractivity contribution is 5.93. The van der Waals surface area contributed by atoms with Crippen LogP contribution in [0.15, 0.2) is 70.5 Å². The maximum Gasteiger partial charge on any atom is 0.277 e. The summed E-state index contributed by atoms with van der Waals surface area (Å²) in [6.07, 6.45) is 4.89. The summed E-state index contributed by atoms with van der Waals surface area (Å²) in [6, 6.07) is 13.2. The largest absolute Gasteiger partial charge is 0.467 e.